The molecule has 0 atom stereocenters. The Hall–Kier alpha value is -1.49. The standard InChI is InChI=1S/C10H16N4O/c1-12-10-8(11)2-3-9(13-10)14-4-6-15-7-5-14/h2-3H,4-7,11H2,1H3,(H,12,13). The van der Waals surface area contributed by atoms with Gasteiger partial charge in [0.2, 0.25) is 0 Å². The third kappa shape index (κ3) is 2.12. The zero-order chi connectivity index (χ0) is 10.7. The highest BCUT2D eigenvalue weighted by atomic mass is 16.5. The largest absolute Gasteiger partial charge is 0.396 e. The van der Waals surface area contributed by atoms with Crippen molar-refractivity contribution in [3.05, 3.63) is 12.1 Å². The Morgan fingerprint density at radius 3 is 2.80 bits per heavy atom. The van der Waals surface area contributed by atoms with Crippen LogP contribution in [0.3, 0.4) is 0 Å². The van der Waals surface area contributed by atoms with Crippen LogP contribution in [0.4, 0.5) is 17.3 Å². The number of ether oxygens (including phenoxy) is 1. The molecule has 1 fully saturated rings. The second-order valence-electron chi connectivity index (χ2n) is 3.46. The van der Waals surface area contributed by atoms with Crippen molar-refractivity contribution in [1.82, 2.24) is 4.98 Å². The van der Waals surface area contributed by atoms with Gasteiger partial charge in [0.25, 0.3) is 0 Å². The van der Waals surface area contributed by atoms with E-state index in [0.29, 0.717) is 5.69 Å². The molecular weight excluding hydrogens is 192 g/mol. The van der Waals surface area contributed by atoms with E-state index < -0.39 is 0 Å². The van der Waals surface area contributed by atoms with Gasteiger partial charge in [0.15, 0.2) is 5.82 Å². The van der Waals surface area contributed by atoms with Gasteiger partial charge in [-0.05, 0) is 12.1 Å². The Morgan fingerprint density at radius 2 is 2.13 bits per heavy atom. The fourth-order valence-electron chi connectivity index (χ4n) is 1.63. The van der Waals surface area contributed by atoms with Crippen molar-refractivity contribution in [1.29, 1.82) is 0 Å². The average Bonchev–Trinajstić information content (AvgIpc) is 2.31. The smallest absolute Gasteiger partial charge is 0.151 e. The van der Waals surface area contributed by atoms with Gasteiger partial charge in [0, 0.05) is 20.1 Å². The van der Waals surface area contributed by atoms with E-state index in [4.69, 9.17) is 10.5 Å². The summed E-state index contributed by atoms with van der Waals surface area (Å²) in [6, 6.07) is 3.82. The summed E-state index contributed by atoms with van der Waals surface area (Å²) in [5, 5.41) is 2.98. The number of nitrogen functional groups attached to an aromatic ring is 1. The first-order valence-electron chi connectivity index (χ1n) is 5.08. The van der Waals surface area contributed by atoms with Crippen LogP contribution in [0, 0.1) is 0 Å². The van der Waals surface area contributed by atoms with E-state index in [9.17, 15) is 0 Å². The summed E-state index contributed by atoms with van der Waals surface area (Å²) in [7, 11) is 1.82. The molecule has 1 aliphatic heterocycles. The highest BCUT2D eigenvalue weighted by Crippen LogP contribution is 2.20. The van der Waals surface area contributed by atoms with Crippen molar-refractivity contribution in [2.45, 2.75) is 0 Å². The summed E-state index contributed by atoms with van der Waals surface area (Å²) in [5.74, 6) is 1.69. The lowest BCUT2D eigenvalue weighted by atomic mass is 10.3. The van der Waals surface area contributed by atoms with Crippen molar-refractivity contribution in [2.75, 3.05) is 49.3 Å². The Morgan fingerprint density at radius 1 is 1.40 bits per heavy atom. The Bertz CT molecular complexity index is 336. The molecule has 1 aromatic rings. The summed E-state index contributed by atoms with van der Waals surface area (Å²) in [6.07, 6.45) is 0. The number of hydrogen-bond acceptors (Lipinski definition) is 5. The van der Waals surface area contributed by atoms with Crippen LogP contribution in [-0.2, 0) is 4.74 Å². The number of pyridine rings is 1. The maximum Gasteiger partial charge on any atom is 0.151 e. The second-order valence-corrected chi connectivity index (χ2v) is 3.46. The Labute approximate surface area is 89.2 Å². The molecule has 0 spiro atoms. The van der Waals surface area contributed by atoms with Gasteiger partial charge in [0.05, 0.1) is 18.9 Å². The van der Waals surface area contributed by atoms with Crippen LogP contribution in [0.15, 0.2) is 12.1 Å². The molecule has 0 unspecified atom stereocenters. The number of morpholine rings is 1. The molecule has 82 valence electrons. The van der Waals surface area contributed by atoms with Crippen LogP contribution >= 0.6 is 0 Å². The molecule has 0 saturated carbocycles. The fraction of sp³-hybridized carbons (Fsp3) is 0.500. The van der Waals surface area contributed by atoms with E-state index >= 15 is 0 Å². The second kappa shape index (κ2) is 4.35. The predicted octanol–water partition coefficient (Wildman–Crippen LogP) is 0.542. The first-order chi connectivity index (χ1) is 7.31. The molecule has 2 heterocycles. The highest BCUT2D eigenvalue weighted by Gasteiger charge is 2.13. The van der Waals surface area contributed by atoms with Crippen LogP contribution < -0.4 is 16.0 Å². The van der Waals surface area contributed by atoms with Crippen molar-refractivity contribution < 1.29 is 4.74 Å². The van der Waals surface area contributed by atoms with Gasteiger partial charge >= 0.3 is 0 Å². The molecule has 2 rings (SSSR count). The molecular formula is C10H16N4O. The third-order valence-electron chi connectivity index (χ3n) is 2.48. The van der Waals surface area contributed by atoms with Gasteiger partial charge in [0.1, 0.15) is 5.82 Å². The molecule has 0 radical (unpaired) electrons. The number of anilines is 3. The lowest BCUT2D eigenvalue weighted by Gasteiger charge is -2.28. The lowest BCUT2D eigenvalue weighted by molar-refractivity contribution is 0.122. The molecule has 5 heteroatoms. The summed E-state index contributed by atoms with van der Waals surface area (Å²) >= 11 is 0. The van der Waals surface area contributed by atoms with E-state index in [2.05, 4.69) is 15.2 Å². The summed E-state index contributed by atoms with van der Waals surface area (Å²) < 4.78 is 5.29. The van der Waals surface area contributed by atoms with Gasteiger partial charge in [-0.3, -0.25) is 0 Å². The minimum atomic E-state index is 0.675. The molecule has 1 aromatic heterocycles. The SMILES string of the molecule is CNc1nc(N2CCOCC2)ccc1N. The molecule has 5 nitrogen and oxygen atoms in total. The van der Waals surface area contributed by atoms with Crippen molar-refractivity contribution in [2.24, 2.45) is 0 Å². The van der Waals surface area contributed by atoms with Crippen LogP contribution in [0.1, 0.15) is 0 Å². The summed E-state index contributed by atoms with van der Waals surface area (Å²) in [4.78, 5) is 6.65. The zero-order valence-corrected chi connectivity index (χ0v) is 8.86. The number of rotatable bonds is 2. The third-order valence-corrected chi connectivity index (χ3v) is 2.48. The van der Waals surface area contributed by atoms with Crippen LogP contribution in [0.5, 0.6) is 0 Å². The predicted molar refractivity (Wildman–Crippen MR) is 61.2 cm³/mol. The quantitative estimate of drug-likeness (QED) is 0.742. The molecule has 1 aliphatic rings. The van der Waals surface area contributed by atoms with Crippen molar-refractivity contribution in [3.63, 3.8) is 0 Å². The molecule has 1 saturated heterocycles. The van der Waals surface area contributed by atoms with E-state index in [1.54, 1.807) is 0 Å². The normalized spacial score (nSPS) is 16.5. The maximum atomic E-state index is 5.76. The van der Waals surface area contributed by atoms with Gasteiger partial charge in [-0.1, -0.05) is 0 Å². The summed E-state index contributed by atoms with van der Waals surface area (Å²) in [5.41, 5.74) is 6.44. The van der Waals surface area contributed by atoms with Gasteiger partial charge < -0.3 is 20.7 Å². The molecule has 0 aliphatic carbocycles. The molecule has 15 heavy (non-hydrogen) atoms. The van der Waals surface area contributed by atoms with E-state index in [1.807, 2.05) is 19.2 Å². The Balaban J connectivity index is 2.20. The van der Waals surface area contributed by atoms with E-state index in [1.165, 1.54) is 0 Å². The molecule has 0 bridgehead atoms. The first kappa shape index (κ1) is 10.0. The molecule has 3 N–H and O–H groups in total. The highest BCUT2D eigenvalue weighted by molar-refractivity contribution is 5.64. The topological polar surface area (TPSA) is 63.4 Å². The summed E-state index contributed by atoms with van der Waals surface area (Å²) in [6.45, 7) is 3.31. The van der Waals surface area contributed by atoms with Gasteiger partial charge in [-0.25, -0.2) is 4.98 Å². The monoisotopic (exact) mass is 208 g/mol. The number of nitrogens with one attached hydrogen (secondary N) is 1. The maximum absolute atomic E-state index is 5.76. The van der Waals surface area contributed by atoms with Crippen molar-refractivity contribution >= 4 is 17.3 Å². The minimum absolute atomic E-state index is 0.675. The fourth-order valence-corrected chi connectivity index (χ4v) is 1.63. The van der Waals surface area contributed by atoms with E-state index in [-0.39, 0.29) is 0 Å². The van der Waals surface area contributed by atoms with Gasteiger partial charge in [-0.15, -0.1) is 0 Å². The molecule has 0 aromatic carbocycles. The van der Waals surface area contributed by atoms with Crippen LogP contribution in [-0.4, -0.2) is 38.3 Å². The number of nitrogens with two attached hydrogens (primary N) is 1. The number of hydrogen-bond donors (Lipinski definition) is 2. The first-order valence-corrected chi connectivity index (χ1v) is 5.08. The van der Waals surface area contributed by atoms with Gasteiger partial charge in [-0.2, -0.15) is 0 Å². The lowest BCUT2D eigenvalue weighted by Crippen LogP contribution is -2.36. The van der Waals surface area contributed by atoms with E-state index in [0.717, 1.165) is 37.9 Å². The zero-order valence-electron chi connectivity index (χ0n) is 8.86. The average molecular weight is 208 g/mol. The molecule has 0 amide bonds. The number of aromatic nitrogens is 1. The number of nitrogens with zero attached hydrogens (tertiary/aromatic N) is 2. The minimum Gasteiger partial charge on any atom is -0.396 e. The Kier molecular flexibility index (Phi) is 2.91. The van der Waals surface area contributed by atoms with Crippen LogP contribution in [0.25, 0.3) is 0 Å². The van der Waals surface area contributed by atoms with Crippen LogP contribution in [0.2, 0.25) is 0 Å². The van der Waals surface area contributed by atoms with Crippen molar-refractivity contribution in [3.8, 4) is 0 Å².